The van der Waals surface area contributed by atoms with Crippen LogP contribution in [0.25, 0.3) is 11.5 Å². The van der Waals surface area contributed by atoms with E-state index in [-0.39, 0.29) is 12.0 Å². The first-order valence-corrected chi connectivity index (χ1v) is 6.33. The van der Waals surface area contributed by atoms with Crippen molar-refractivity contribution in [3.63, 3.8) is 0 Å². The SMILES string of the molecule is COc1ccc(-c2noc(C3COCCC3N)n2)nn1. The second-order valence-electron chi connectivity index (χ2n) is 4.55. The fourth-order valence-corrected chi connectivity index (χ4v) is 2.05. The Morgan fingerprint density at radius 1 is 1.35 bits per heavy atom. The number of ether oxygens (including phenoxy) is 2. The van der Waals surface area contributed by atoms with E-state index in [1.54, 1.807) is 12.1 Å². The third-order valence-corrected chi connectivity index (χ3v) is 3.25. The zero-order valence-electron chi connectivity index (χ0n) is 11.0. The zero-order chi connectivity index (χ0) is 13.9. The monoisotopic (exact) mass is 277 g/mol. The van der Waals surface area contributed by atoms with Crippen molar-refractivity contribution in [2.24, 2.45) is 5.73 Å². The van der Waals surface area contributed by atoms with Crippen LogP contribution in [0.1, 0.15) is 18.2 Å². The van der Waals surface area contributed by atoms with Crippen molar-refractivity contribution in [2.75, 3.05) is 20.3 Å². The van der Waals surface area contributed by atoms with Gasteiger partial charge in [0.1, 0.15) is 5.69 Å². The molecule has 0 bridgehead atoms. The van der Waals surface area contributed by atoms with Gasteiger partial charge in [0.15, 0.2) is 0 Å². The molecule has 2 N–H and O–H groups in total. The van der Waals surface area contributed by atoms with Crippen LogP contribution in [0.2, 0.25) is 0 Å². The molecule has 0 radical (unpaired) electrons. The topological polar surface area (TPSA) is 109 Å². The number of methoxy groups -OCH3 is 1. The van der Waals surface area contributed by atoms with E-state index in [1.807, 2.05) is 0 Å². The Kier molecular flexibility index (Phi) is 3.57. The zero-order valence-corrected chi connectivity index (χ0v) is 11.0. The van der Waals surface area contributed by atoms with Crippen molar-refractivity contribution in [3.8, 4) is 17.4 Å². The maximum absolute atomic E-state index is 6.04. The number of nitrogens with two attached hydrogens (primary N) is 1. The van der Waals surface area contributed by atoms with Crippen molar-refractivity contribution in [1.29, 1.82) is 0 Å². The molecule has 0 aromatic carbocycles. The molecule has 106 valence electrons. The number of hydrogen-bond acceptors (Lipinski definition) is 8. The molecule has 1 fully saturated rings. The van der Waals surface area contributed by atoms with E-state index in [4.69, 9.17) is 19.7 Å². The van der Waals surface area contributed by atoms with E-state index < -0.39 is 0 Å². The van der Waals surface area contributed by atoms with E-state index in [0.717, 1.165) is 6.42 Å². The highest BCUT2D eigenvalue weighted by molar-refractivity contribution is 5.47. The molecule has 0 saturated carbocycles. The Balaban J connectivity index is 1.81. The standard InChI is InChI=1S/C12H15N5O3/c1-18-10-3-2-9(15-16-10)11-14-12(20-17-11)7-6-19-5-4-8(7)13/h2-3,7-8H,4-6,13H2,1H3. The number of nitrogens with zero attached hydrogens (tertiary/aromatic N) is 4. The van der Waals surface area contributed by atoms with Gasteiger partial charge in [0.2, 0.25) is 17.6 Å². The van der Waals surface area contributed by atoms with Gasteiger partial charge in [-0.2, -0.15) is 4.98 Å². The summed E-state index contributed by atoms with van der Waals surface area (Å²) >= 11 is 0. The van der Waals surface area contributed by atoms with E-state index in [0.29, 0.717) is 36.5 Å². The van der Waals surface area contributed by atoms with Gasteiger partial charge in [-0.25, -0.2) is 0 Å². The van der Waals surface area contributed by atoms with Crippen LogP contribution in [-0.4, -0.2) is 46.7 Å². The Morgan fingerprint density at radius 3 is 2.95 bits per heavy atom. The van der Waals surface area contributed by atoms with Crippen LogP contribution in [0.3, 0.4) is 0 Å². The largest absolute Gasteiger partial charge is 0.480 e. The third kappa shape index (κ3) is 2.47. The van der Waals surface area contributed by atoms with Gasteiger partial charge in [0.05, 0.1) is 19.6 Å². The van der Waals surface area contributed by atoms with E-state index in [2.05, 4.69) is 20.3 Å². The molecule has 2 aromatic heterocycles. The lowest BCUT2D eigenvalue weighted by Crippen LogP contribution is -2.37. The van der Waals surface area contributed by atoms with Crippen molar-refractivity contribution in [1.82, 2.24) is 20.3 Å². The smallest absolute Gasteiger partial charge is 0.234 e. The normalized spacial score (nSPS) is 22.7. The lowest BCUT2D eigenvalue weighted by molar-refractivity contribution is 0.0590. The summed E-state index contributed by atoms with van der Waals surface area (Å²) in [5.74, 6) is 1.22. The molecule has 2 aromatic rings. The predicted octanol–water partition coefficient (Wildman–Crippen LogP) is 0.366. The van der Waals surface area contributed by atoms with Gasteiger partial charge >= 0.3 is 0 Å². The van der Waals surface area contributed by atoms with Gasteiger partial charge in [-0.05, 0) is 12.5 Å². The minimum atomic E-state index is -0.0730. The molecule has 3 rings (SSSR count). The summed E-state index contributed by atoms with van der Waals surface area (Å²) in [6.45, 7) is 1.17. The molecular formula is C12H15N5O3. The van der Waals surface area contributed by atoms with Crippen molar-refractivity contribution >= 4 is 0 Å². The minimum Gasteiger partial charge on any atom is -0.480 e. The number of rotatable bonds is 3. The molecule has 0 amide bonds. The summed E-state index contributed by atoms with van der Waals surface area (Å²) in [5, 5.41) is 11.8. The van der Waals surface area contributed by atoms with Gasteiger partial charge < -0.3 is 19.7 Å². The van der Waals surface area contributed by atoms with E-state index in [9.17, 15) is 0 Å². The van der Waals surface area contributed by atoms with Crippen molar-refractivity contribution in [2.45, 2.75) is 18.4 Å². The summed E-state index contributed by atoms with van der Waals surface area (Å²) < 4.78 is 15.6. The van der Waals surface area contributed by atoms with Gasteiger partial charge in [-0.3, -0.25) is 0 Å². The summed E-state index contributed by atoms with van der Waals surface area (Å²) in [7, 11) is 1.53. The van der Waals surface area contributed by atoms with Crippen LogP contribution in [0, 0.1) is 0 Å². The first-order chi connectivity index (χ1) is 9.78. The molecule has 0 spiro atoms. The van der Waals surface area contributed by atoms with E-state index in [1.165, 1.54) is 7.11 Å². The lowest BCUT2D eigenvalue weighted by Gasteiger charge is -2.25. The Labute approximate surface area is 115 Å². The molecule has 8 heteroatoms. The van der Waals surface area contributed by atoms with Crippen molar-refractivity contribution in [3.05, 3.63) is 18.0 Å². The highest BCUT2D eigenvalue weighted by atomic mass is 16.5. The average Bonchev–Trinajstić information content (AvgIpc) is 2.97. The lowest BCUT2D eigenvalue weighted by atomic mass is 9.97. The first kappa shape index (κ1) is 12.9. The quantitative estimate of drug-likeness (QED) is 0.856. The van der Waals surface area contributed by atoms with Crippen molar-refractivity contribution < 1.29 is 14.0 Å². The highest BCUT2D eigenvalue weighted by Crippen LogP contribution is 2.25. The third-order valence-electron chi connectivity index (χ3n) is 3.25. The van der Waals surface area contributed by atoms with Gasteiger partial charge in [-0.15, -0.1) is 10.2 Å². The molecule has 1 aliphatic rings. The highest BCUT2D eigenvalue weighted by Gasteiger charge is 2.29. The van der Waals surface area contributed by atoms with Crippen LogP contribution < -0.4 is 10.5 Å². The second-order valence-corrected chi connectivity index (χ2v) is 4.55. The molecule has 0 aliphatic carbocycles. The summed E-state index contributed by atoms with van der Waals surface area (Å²) in [4.78, 5) is 4.33. The Hall–Kier alpha value is -2.06. The van der Waals surface area contributed by atoms with Gasteiger partial charge in [0.25, 0.3) is 0 Å². The fourth-order valence-electron chi connectivity index (χ4n) is 2.05. The molecule has 2 unspecified atom stereocenters. The number of hydrogen-bond donors (Lipinski definition) is 1. The minimum absolute atomic E-state index is 0.0287. The van der Waals surface area contributed by atoms with Crippen LogP contribution in [0.5, 0.6) is 5.88 Å². The molecule has 8 nitrogen and oxygen atoms in total. The molecule has 1 aliphatic heterocycles. The number of aromatic nitrogens is 4. The maximum atomic E-state index is 6.04. The average molecular weight is 277 g/mol. The Morgan fingerprint density at radius 2 is 2.25 bits per heavy atom. The molecule has 2 atom stereocenters. The first-order valence-electron chi connectivity index (χ1n) is 6.33. The predicted molar refractivity (Wildman–Crippen MR) is 68.0 cm³/mol. The molecule has 3 heterocycles. The maximum Gasteiger partial charge on any atom is 0.234 e. The molecular weight excluding hydrogens is 262 g/mol. The summed E-state index contributed by atoms with van der Waals surface area (Å²) in [6, 6.07) is 3.38. The van der Waals surface area contributed by atoms with Crippen LogP contribution >= 0.6 is 0 Å². The Bertz CT molecular complexity index is 571. The summed E-state index contributed by atoms with van der Waals surface area (Å²) in [5.41, 5.74) is 6.56. The van der Waals surface area contributed by atoms with Gasteiger partial charge in [-0.1, -0.05) is 5.16 Å². The van der Waals surface area contributed by atoms with Crippen LogP contribution in [0.15, 0.2) is 16.7 Å². The van der Waals surface area contributed by atoms with E-state index >= 15 is 0 Å². The molecule has 1 saturated heterocycles. The fraction of sp³-hybridized carbons (Fsp3) is 0.500. The summed E-state index contributed by atoms with van der Waals surface area (Å²) in [6.07, 6.45) is 0.782. The molecule has 20 heavy (non-hydrogen) atoms. The van der Waals surface area contributed by atoms with Crippen LogP contribution in [-0.2, 0) is 4.74 Å². The van der Waals surface area contributed by atoms with Gasteiger partial charge in [0, 0.05) is 18.7 Å². The second kappa shape index (κ2) is 5.51. The van der Waals surface area contributed by atoms with Crippen LogP contribution in [0.4, 0.5) is 0 Å².